The van der Waals surface area contributed by atoms with Crippen LogP contribution >= 0.6 is 0 Å². The zero-order valence-electron chi connectivity index (χ0n) is 13.2. The molecule has 0 bridgehead atoms. The smallest absolute Gasteiger partial charge is 0.375 e. The number of amides is 2. The molecule has 1 rings (SSSR count). The molecule has 10 nitrogen and oxygen atoms in total. The Balaban J connectivity index is 3.12. The van der Waals surface area contributed by atoms with E-state index in [0.29, 0.717) is 0 Å². The number of para-hydroxylation sites is 1. The van der Waals surface area contributed by atoms with Crippen molar-refractivity contribution in [2.45, 2.75) is 0 Å². The second kappa shape index (κ2) is 8.34. The van der Waals surface area contributed by atoms with E-state index in [9.17, 15) is 28.8 Å². The third kappa shape index (κ3) is 4.47. The number of primary amides is 1. The minimum absolute atomic E-state index is 0.0995. The summed E-state index contributed by atoms with van der Waals surface area (Å²) >= 11 is 0. The maximum atomic E-state index is 12.1. The lowest BCUT2D eigenvalue weighted by Crippen LogP contribution is -2.43. The van der Waals surface area contributed by atoms with Crippen molar-refractivity contribution in [2.24, 2.45) is 11.7 Å². The van der Waals surface area contributed by atoms with Crippen molar-refractivity contribution in [1.82, 2.24) is 0 Å². The highest BCUT2D eigenvalue weighted by molar-refractivity contribution is 6.54. The van der Waals surface area contributed by atoms with Crippen LogP contribution in [0.1, 0.15) is 10.4 Å². The Morgan fingerprint density at radius 3 is 2.08 bits per heavy atom. The highest BCUT2D eigenvalue weighted by Crippen LogP contribution is 2.15. The van der Waals surface area contributed by atoms with Gasteiger partial charge in [0.2, 0.25) is 5.78 Å². The van der Waals surface area contributed by atoms with Crippen LogP contribution in [0.4, 0.5) is 5.69 Å². The number of nitrogens with one attached hydrogen (secondary N) is 1. The van der Waals surface area contributed by atoms with Crippen LogP contribution in [0.15, 0.2) is 24.3 Å². The lowest BCUT2D eigenvalue weighted by Gasteiger charge is -2.12. The topological polar surface area (TPSA) is 159 Å². The van der Waals surface area contributed by atoms with Gasteiger partial charge in [0.05, 0.1) is 25.5 Å². The molecule has 132 valence electrons. The first-order chi connectivity index (χ1) is 11.7. The first-order valence-corrected chi connectivity index (χ1v) is 6.68. The predicted molar refractivity (Wildman–Crippen MR) is 81.1 cm³/mol. The summed E-state index contributed by atoms with van der Waals surface area (Å²) in [6, 6.07) is 5.49. The lowest BCUT2D eigenvalue weighted by atomic mass is 9.98. The summed E-state index contributed by atoms with van der Waals surface area (Å²) in [5.41, 5.74) is 4.93. The van der Waals surface area contributed by atoms with E-state index in [1.165, 1.54) is 24.3 Å². The molecule has 1 aromatic rings. The standard InChI is InChI=1S/C15H14N2O8/c1-24-14(22)9(11(19)15(23)25-2)10(18)13(21)17-8-6-4-3-5-7(8)12(16)20/h3-6,9H,1-2H3,(H2,16,20)(H,17,21)/t9-/m1/s1. The van der Waals surface area contributed by atoms with Crippen LogP contribution in [0.2, 0.25) is 0 Å². The number of nitrogens with two attached hydrogens (primary N) is 1. The van der Waals surface area contributed by atoms with Gasteiger partial charge in [-0.2, -0.15) is 0 Å². The van der Waals surface area contributed by atoms with E-state index in [1.807, 2.05) is 0 Å². The fraction of sp³-hybridized carbons (Fsp3) is 0.200. The number of Topliss-reactive ketones (excluding diaryl/α,β-unsaturated/α-hetero) is 2. The number of methoxy groups -OCH3 is 2. The molecular weight excluding hydrogens is 336 g/mol. The molecule has 0 aliphatic rings. The second-order valence-corrected chi connectivity index (χ2v) is 4.54. The SMILES string of the molecule is COC(=O)C(=O)[C@H](C(=O)OC)C(=O)C(=O)Nc1ccccc1C(N)=O. The highest BCUT2D eigenvalue weighted by Gasteiger charge is 2.42. The molecule has 0 unspecified atom stereocenters. The minimum atomic E-state index is -2.32. The highest BCUT2D eigenvalue weighted by atomic mass is 16.5. The van der Waals surface area contributed by atoms with E-state index < -0.39 is 41.2 Å². The molecule has 25 heavy (non-hydrogen) atoms. The van der Waals surface area contributed by atoms with Gasteiger partial charge in [-0.3, -0.25) is 24.0 Å². The fourth-order valence-corrected chi connectivity index (χ4v) is 1.79. The summed E-state index contributed by atoms with van der Waals surface area (Å²) < 4.78 is 8.41. The quantitative estimate of drug-likeness (QED) is 0.353. The number of carbonyl (C=O) groups is 6. The Morgan fingerprint density at radius 2 is 1.56 bits per heavy atom. The Hall–Kier alpha value is -3.56. The maximum absolute atomic E-state index is 12.1. The van der Waals surface area contributed by atoms with Gasteiger partial charge in [0.15, 0.2) is 5.92 Å². The summed E-state index contributed by atoms with van der Waals surface area (Å²) in [7, 11) is 1.73. The number of ketones is 2. The van der Waals surface area contributed by atoms with Crippen LogP contribution in [0, 0.1) is 5.92 Å². The Bertz CT molecular complexity index is 756. The largest absolute Gasteiger partial charge is 0.468 e. The molecule has 0 radical (unpaired) electrons. The molecule has 2 amide bonds. The van der Waals surface area contributed by atoms with Crippen molar-refractivity contribution in [1.29, 1.82) is 0 Å². The molecule has 1 aromatic carbocycles. The average Bonchev–Trinajstić information content (AvgIpc) is 2.60. The average molecular weight is 350 g/mol. The van der Waals surface area contributed by atoms with Gasteiger partial charge in [-0.1, -0.05) is 12.1 Å². The number of ether oxygens (including phenoxy) is 2. The van der Waals surface area contributed by atoms with E-state index in [4.69, 9.17) is 5.73 Å². The van der Waals surface area contributed by atoms with Gasteiger partial charge in [0.25, 0.3) is 17.6 Å². The van der Waals surface area contributed by atoms with Crippen molar-refractivity contribution in [3.05, 3.63) is 29.8 Å². The molecule has 3 N–H and O–H groups in total. The second-order valence-electron chi connectivity index (χ2n) is 4.54. The van der Waals surface area contributed by atoms with E-state index in [0.717, 1.165) is 14.2 Å². The molecule has 0 fully saturated rings. The van der Waals surface area contributed by atoms with E-state index in [1.54, 1.807) is 0 Å². The molecule has 1 atom stereocenters. The maximum Gasteiger partial charge on any atom is 0.375 e. The summed E-state index contributed by atoms with van der Waals surface area (Å²) in [5.74, 6) is -10.6. The molecule has 0 aromatic heterocycles. The van der Waals surface area contributed by atoms with E-state index in [2.05, 4.69) is 14.8 Å². The lowest BCUT2D eigenvalue weighted by molar-refractivity contribution is -0.163. The van der Waals surface area contributed by atoms with Gasteiger partial charge in [-0.25, -0.2) is 4.79 Å². The first kappa shape index (κ1) is 19.5. The monoisotopic (exact) mass is 350 g/mol. The molecule has 0 aliphatic carbocycles. The zero-order chi connectivity index (χ0) is 19.1. The molecular formula is C15H14N2O8. The first-order valence-electron chi connectivity index (χ1n) is 6.68. The Morgan fingerprint density at radius 1 is 0.960 bits per heavy atom. The van der Waals surface area contributed by atoms with Gasteiger partial charge in [0, 0.05) is 0 Å². The number of rotatable bonds is 7. The fourth-order valence-electron chi connectivity index (χ4n) is 1.79. The van der Waals surface area contributed by atoms with Crippen molar-refractivity contribution < 1.29 is 38.2 Å². The van der Waals surface area contributed by atoms with Crippen molar-refractivity contribution in [2.75, 3.05) is 19.5 Å². The Kier molecular flexibility index (Phi) is 6.50. The third-order valence-electron chi connectivity index (χ3n) is 3.01. The summed E-state index contributed by atoms with van der Waals surface area (Å²) in [5, 5.41) is 2.06. The van der Waals surface area contributed by atoms with Crippen LogP contribution in [-0.4, -0.2) is 49.5 Å². The van der Waals surface area contributed by atoms with Crippen LogP contribution in [0.25, 0.3) is 0 Å². The van der Waals surface area contributed by atoms with Gasteiger partial charge in [0.1, 0.15) is 0 Å². The summed E-state index contributed by atoms with van der Waals surface area (Å²) in [6.07, 6.45) is 0. The number of hydrogen-bond donors (Lipinski definition) is 2. The third-order valence-corrected chi connectivity index (χ3v) is 3.01. The Labute approximate surface area is 141 Å². The van der Waals surface area contributed by atoms with E-state index in [-0.39, 0.29) is 11.3 Å². The van der Waals surface area contributed by atoms with Gasteiger partial charge >= 0.3 is 11.9 Å². The van der Waals surface area contributed by atoms with Crippen LogP contribution in [0.5, 0.6) is 0 Å². The predicted octanol–water partition coefficient (Wildman–Crippen LogP) is -1.18. The van der Waals surface area contributed by atoms with Crippen LogP contribution in [-0.2, 0) is 33.4 Å². The molecule has 0 heterocycles. The summed E-state index contributed by atoms with van der Waals surface area (Å²) in [4.78, 5) is 70.2. The summed E-state index contributed by atoms with van der Waals surface area (Å²) in [6.45, 7) is 0. The van der Waals surface area contributed by atoms with Crippen molar-refractivity contribution in [3.8, 4) is 0 Å². The van der Waals surface area contributed by atoms with Crippen molar-refractivity contribution >= 4 is 41.0 Å². The normalized spacial score (nSPS) is 11.0. The van der Waals surface area contributed by atoms with Gasteiger partial charge in [-0.15, -0.1) is 0 Å². The van der Waals surface area contributed by atoms with Gasteiger partial charge < -0.3 is 20.5 Å². The minimum Gasteiger partial charge on any atom is -0.468 e. The number of anilines is 1. The molecule has 0 saturated carbocycles. The number of hydrogen-bond acceptors (Lipinski definition) is 8. The molecule has 0 saturated heterocycles. The van der Waals surface area contributed by atoms with Crippen LogP contribution < -0.4 is 11.1 Å². The number of carbonyl (C=O) groups excluding carboxylic acids is 6. The van der Waals surface area contributed by atoms with E-state index >= 15 is 0 Å². The number of benzene rings is 1. The van der Waals surface area contributed by atoms with Gasteiger partial charge in [-0.05, 0) is 12.1 Å². The molecule has 0 spiro atoms. The molecule has 10 heteroatoms. The number of esters is 2. The van der Waals surface area contributed by atoms with Crippen LogP contribution in [0.3, 0.4) is 0 Å². The zero-order valence-corrected chi connectivity index (χ0v) is 13.2. The van der Waals surface area contributed by atoms with Crippen molar-refractivity contribution in [3.63, 3.8) is 0 Å². The molecule has 0 aliphatic heterocycles.